The molecule has 2 rings (SSSR count). The number of carbonyl (C=O) groups excluding carboxylic acids is 1. The van der Waals surface area contributed by atoms with Gasteiger partial charge in [-0.15, -0.1) is 11.3 Å². The fourth-order valence-corrected chi connectivity index (χ4v) is 2.48. The highest BCUT2D eigenvalue weighted by Gasteiger charge is 2.25. The maximum absolute atomic E-state index is 11.7. The number of hydrogen-bond acceptors (Lipinski definition) is 5. The Morgan fingerprint density at radius 2 is 2.35 bits per heavy atom. The molecular weight excluding hydrogens is 236 g/mol. The van der Waals surface area contributed by atoms with Gasteiger partial charge in [0.15, 0.2) is 0 Å². The highest BCUT2D eigenvalue weighted by Crippen LogP contribution is 2.36. The first-order valence-corrected chi connectivity index (χ1v) is 6.27. The summed E-state index contributed by atoms with van der Waals surface area (Å²) in [4.78, 5) is 12.1. The van der Waals surface area contributed by atoms with E-state index in [9.17, 15) is 4.79 Å². The Labute approximate surface area is 104 Å². The van der Waals surface area contributed by atoms with Gasteiger partial charge < -0.3 is 16.4 Å². The third-order valence-electron chi connectivity index (χ3n) is 2.75. The van der Waals surface area contributed by atoms with Crippen molar-refractivity contribution in [1.82, 2.24) is 5.32 Å². The van der Waals surface area contributed by atoms with Crippen LogP contribution in [0.25, 0.3) is 0 Å². The van der Waals surface area contributed by atoms with Crippen molar-refractivity contribution < 1.29 is 4.79 Å². The molecule has 0 atom stereocenters. The summed E-state index contributed by atoms with van der Waals surface area (Å²) in [6.45, 7) is 0.842. The molecule has 0 bridgehead atoms. The van der Waals surface area contributed by atoms with Crippen molar-refractivity contribution in [2.45, 2.75) is 12.8 Å². The molecule has 1 aromatic rings. The lowest BCUT2D eigenvalue weighted by molar-refractivity contribution is 0.0965. The largest absolute Gasteiger partial charge is 0.396 e. The summed E-state index contributed by atoms with van der Waals surface area (Å²) in [5.74, 6) is 0.444. The standard InChI is InChI=1S/C11H14N4OS/c1-14-10(16)8-9(13)7(4-12)17-11(8)15-5-6-2-3-6/h6,15H,2-3,5,13H2,1H3,(H,14,16). The lowest BCUT2D eigenvalue weighted by Crippen LogP contribution is -2.20. The van der Waals surface area contributed by atoms with Crippen molar-refractivity contribution in [3.05, 3.63) is 10.4 Å². The first-order chi connectivity index (χ1) is 8.17. The minimum Gasteiger partial charge on any atom is -0.396 e. The maximum atomic E-state index is 11.7. The van der Waals surface area contributed by atoms with Crippen molar-refractivity contribution in [3.8, 4) is 6.07 Å². The van der Waals surface area contributed by atoms with E-state index in [-0.39, 0.29) is 11.6 Å². The molecule has 0 saturated heterocycles. The molecule has 0 aromatic carbocycles. The Balaban J connectivity index is 2.27. The van der Waals surface area contributed by atoms with Gasteiger partial charge in [0.2, 0.25) is 0 Å². The van der Waals surface area contributed by atoms with Gasteiger partial charge in [0.1, 0.15) is 15.9 Å². The van der Waals surface area contributed by atoms with Gasteiger partial charge in [-0.1, -0.05) is 0 Å². The molecule has 5 nitrogen and oxygen atoms in total. The number of amides is 1. The Bertz CT molecular complexity index is 484. The average Bonchev–Trinajstić information content (AvgIpc) is 3.10. The van der Waals surface area contributed by atoms with Gasteiger partial charge in [0.25, 0.3) is 5.91 Å². The van der Waals surface area contributed by atoms with Crippen LogP contribution < -0.4 is 16.4 Å². The second kappa shape index (κ2) is 4.63. The van der Waals surface area contributed by atoms with Crippen LogP contribution in [0.1, 0.15) is 28.1 Å². The molecule has 17 heavy (non-hydrogen) atoms. The first kappa shape index (κ1) is 11.7. The van der Waals surface area contributed by atoms with Gasteiger partial charge in [-0.3, -0.25) is 4.79 Å². The molecular formula is C11H14N4OS. The van der Waals surface area contributed by atoms with Crippen molar-refractivity contribution >= 4 is 27.9 Å². The van der Waals surface area contributed by atoms with Crippen LogP contribution in [-0.4, -0.2) is 19.5 Å². The number of carbonyl (C=O) groups is 1. The molecule has 1 aliphatic carbocycles. The topological polar surface area (TPSA) is 90.9 Å². The first-order valence-electron chi connectivity index (χ1n) is 5.45. The van der Waals surface area contributed by atoms with E-state index < -0.39 is 0 Å². The zero-order valence-electron chi connectivity index (χ0n) is 9.54. The number of rotatable bonds is 4. The molecule has 1 fully saturated rings. The third-order valence-corrected chi connectivity index (χ3v) is 3.82. The summed E-state index contributed by atoms with van der Waals surface area (Å²) in [6, 6.07) is 2.01. The second-order valence-electron chi connectivity index (χ2n) is 4.06. The van der Waals surface area contributed by atoms with Crippen LogP contribution >= 0.6 is 11.3 Å². The van der Waals surface area contributed by atoms with Crippen LogP contribution in [0.15, 0.2) is 0 Å². The van der Waals surface area contributed by atoms with E-state index in [0.717, 1.165) is 6.54 Å². The summed E-state index contributed by atoms with van der Waals surface area (Å²) in [7, 11) is 1.55. The molecule has 1 aromatic heterocycles. The molecule has 0 unspecified atom stereocenters. The molecule has 0 aliphatic heterocycles. The fourth-order valence-electron chi connectivity index (χ4n) is 1.56. The van der Waals surface area contributed by atoms with Crippen LogP contribution in [0.5, 0.6) is 0 Å². The molecule has 1 saturated carbocycles. The summed E-state index contributed by atoms with van der Waals surface area (Å²) >= 11 is 1.24. The summed E-state index contributed by atoms with van der Waals surface area (Å²) in [5.41, 5.74) is 6.47. The highest BCUT2D eigenvalue weighted by atomic mass is 32.1. The monoisotopic (exact) mass is 250 g/mol. The molecule has 0 radical (unpaired) electrons. The molecule has 90 valence electrons. The van der Waals surface area contributed by atoms with Gasteiger partial charge in [0, 0.05) is 13.6 Å². The van der Waals surface area contributed by atoms with Crippen LogP contribution in [0.3, 0.4) is 0 Å². The van der Waals surface area contributed by atoms with Crippen molar-refractivity contribution in [2.24, 2.45) is 5.92 Å². The summed E-state index contributed by atoms with van der Waals surface area (Å²) in [5, 5.41) is 15.4. The van der Waals surface area contributed by atoms with E-state index in [2.05, 4.69) is 10.6 Å². The average molecular weight is 250 g/mol. The van der Waals surface area contributed by atoms with E-state index in [1.165, 1.54) is 24.2 Å². The quantitative estimate of drug-likeness (QED) is 0.753. The van der Waals surface area contributed by atoms with E-state index in [0.29, 0.717) is 21.4 Å². The molecule has 6 heteroatoms. The molecule has 0 spiro atoms. The van der Waals surface area contributed by atoms with Crippen LogP contribution in [0, 0.1) is 17.2 Å². The number of thiophene rings is 1. The van der Waals surface area contributed by atoms with E-state index in [1.807, 2.05) is 6.07 Å². The predicted octanol–water partition coefficient (Wildman–Crippen LogP) is 1.38. The maximum Gasteiger partial charge on any atom is 0.256 e. The Morgan fingerprint density at radius 3 is 2.88 bits per heavy atom. The normalized spacial score (nSPS) is 14.1. The number of nitrogens with one attached hydrogen (secondary N) is 2. The van der Waals surface area contributed by atoms with Crippen molar-refractivity contribution in [2.75, 3.05) is 24.6 Å². The summed E-state index contributed by atoms with van der Waals surface area (Å²) < 4.78 is 0. The van der Waals surface area contributed by atoms with Crippen LogP contribution in [0.2, 0.25) is 0 Å². The van der Waals surface area contributed by atoms with Crippen LogP contribution in [0.4, 0.5) is 10.7 Å². The molecule has 1 amide bonds. The lowest BCUT2D eigenvalue weighted by atomic mass is 10.2. The predicted molar refractivity (Wildman–Crippen MR) is 68.1 cm³/mol. The van der Waals surface area contributed by atoms with Crippen molar-refractivity contribution in [3.63, 3.8) is 0 Å². The van der Waals surface area contributed by atoms with Gasteiger partial charge in [-0.05, 0) is 18.8 Å². The smallest absolute Gasteiger partial charge is 0.256 e. The van der Waals surface area contributed by atoms with E-state index in [4.69, 9.17) is 11.0 Å². The van der Waals surface area contributed by atoms with Crippen LogP contribution in [-0.2, 0) is 0 Å². The Kier molecular flexibility index (Phi) is 3.20. The Morgan fingerprint density at radius 1 is 1.65 bits per heavy atom. The van der Waals surface area contributed by atoms with E-state index >= 15 is 0 Å². The van der Waals surface area contributed by atoms with Gasteiger partial charge in [-0.25, -0.2) is 0 Å². The number of hydrogen-bond donors (Lipinski definition) is 3. The number of nitrogen functional groups attached to an aromatic ring is 1. The van der Waals surface area contributed by atoms with Gasteiger partial charge in [-0.2, -0.15) is 5.26 Å². The zero-order chi connectivity index (χ0) is 12.4. The van der Waals surface area contributed by atoms with Gasteiger partial charge >= 0.3 is 0 Å². The molecule has 1 heterocycles. The highest BCUT2D eigenvalue weighted by molar-refractivity contribution is 7.17. The minimum absolute atomic E-state index is 0.251. The minimum atomic E-state index is -0.251. The Hall–Kier alpha value is -1.74. The van der Waals surface area contributed by atoms with E-state index in [1.54, 1.807) is 7.05 Å². The number of nitrogens with two attached hydrogens (primary N) is 1. The summed E-state index contributed by atoms with van der Waals surface area (Å²) in [6.07, 6.45) is 2.46. The SMILES string of the molecule is CNC(=O)c1c(NCC2CC2)sc(C#N)c1N. The number of anilines is 2. The van der Waals surface area contributed by atoms with Crippen molar-refractivity contribution in [1.29, 1.82) is 5.26 Å². The lowest BCUT2D eigenvalue weighted by Gasteiger charge is -2.06. The molecule has 4 N–H and O–H groups in total. The third kappa shape index (κ3) is 2.34. The second-order valence-corrected chi connectivity index (χ2v) is 5.08. The number of nitriles is 1. The molecule has 1 aliphatic rings. The fraction of sp³-hybridized carbons (Fsp3) is 0.455. The number of nitrogens with zero attached hydrogens (tertiary/aromatic N) is 1. The van der Waals surface area contributed by atoms with Gasteiger partial charge in [0.05, 0.1) is 11.3 Å². The zero-order valence-corrected chi connectivity index (χ0v) is 10.4.